The molecular formula is C6H14N2O3. The zero-order chi connectivity index (χ0) is 8.53. The second-order valence-corrected chi connectivity index (χ2v) is 1.96. The zero-order valence-electron chi connectivity index (χ0n) is 6.38. The molecule has 0 atom stereocenters. The SMILES string of the molecule is C1COCCN1.NCC(=O)O. The maximum Gasteiger partial charge on any atom is 0.317 e. The van der Waals surface area contributed by atoms with Crippen LogP contribution in [0.4, 0.5) is 0 Å². The number of hydrogen-bond donors (Lipinski definition) is 3. The predicted molar refractivity (Wildman–Crippen MR) is 40.4 cm³/mol. The fourth-order valence-electron chi connectivity index (χ4n) is 0.516. The quantitative estimate of drug-likeness (QED) is 0.443. The molecule has 1 rings (SSSR count). The Hall–Kier alpha value is -0.650. The molecule has 0 aromatic carbocycles. The van der Waals surface area contributed by atoms with Crippen molar-refractivity contribution in [2.75, 3.05) is 32.8 Å². The summed E-state index contributed by atoms with van der Waals surface area (Å²) in [6.45, 7) is 3.56. The zero-order valence-corrected chi connectivity index (χ0v) is 6.38. The van der Waals surface area contributed by atoms with Crippen LogP contribution in [0.1, 0.15) is 0 Å². The molecule has 0 bridgehead atoms. The first-order valence-electron chi connectivity index (χ1n) is 3.47. The van der Waals surface area contributed by atoms with E-state index < -0.39 is 5.97 Å². The van der Waals surface area contributed by atoms with Gasteiger partial charge in [-0.2, -0.15) is 0 Å². The van der Waals surface area contributed by atoms with Crippen molar-refractivity contribution in [3.8, 4) is 0 Å². The largest absolute Gasteiger partial charge is 0.480 e. The van der Waals surface area contributed by atoms with Gasteiger partial charge in [0.05, 0.1) is 19.8 Å². The Morgan fingerprint density at radius 3 is 2.09 bits per heavy atom. The Kier molecular flexibility index (Phi) is 7.02. The van der Waals surface area contributed by atoms with Crippen molar-refractivity contribution in [3.63, 3.8) is 0 Å². The number of aliphatic carboxylic acids is 1. The van der Waals surface area contributed by atoms with Crippen molar-refractivity contribution in [2.24, 2.45) is 5.73 Å². The molecule has 0 aromatic heterocycles. The second kappa shape index (κ2) is 7.46. The monoisotopic (exact) mass is 162 g/mol. The summed E-state index contributed by atoms with van der Waals surface area (Å²) in [7, 11) is 0. The highest BCUT2D eigenvalue weighted by Crippen LogP contribution is 1.76. The molecule has 5 heteroatoms. The molecule has 1 saturated heterocycles. The van der Waals surface area contributed by atoms with Gasteiger partial charge >= 0.3 is 5.97 Å². The summed E-state index contributed by atoms with van der Waals surface area (Å²) < 4.78 is 5.01. The number of rotatable bonds is 1. The minimum Gasteiger partial charge on any atom is -0.480 e. The number of carboxylic acids is 1. The Labute approximate surface area is 65.5 Å². The van der Waals surface area contributed by atoms with Crippen LogP contribution in [0.5, 0.6) is 0 Å². The van der Waals surface area contributed by atoms with E-state index in [-0.39, 0.29) is 6.54 Å². The maximum atomic E-state index is 9.24. The molecule has 0 aromatic rings. The molecule has 0 spiro atoms. The summed E-state index contributed by atoms with van der Waals surface area (Å²) in [5.74, 6) is -0.968. The van der Waals surface area contributed by atoms with Gasteiger partial charge in [0.2, 0.25) is 0 Å². The first kappa shape index (κ1) is 10.3. The van der Waals surface area contributed by atoms with E-state index in [0.717, 1.165) is 26.3 Å². The normalized spacial score (nSPS) is 16.5. The van der Waals surface area contributed by atoms with E-state index in [1.54, 1.807) is 0 Å². The van der Waals surface area contributed by atoms with Crippen LogP contribution in [0.25, 0.3) is 0 Å². The Morgan fingerprint density at radius 1 is 1.55 bits per heavy atom. The molecule has 1 aliphatic rings. The third-order valence-corrected chi connectivity index (χ3v) is 1.02. The molecule has 11 heavy (non-hydrogen) atoms. The molecule has 66 valence electrons. The average molecular weight is 162 g/mol. The third-order valence-electron chi connectivity index (χ3n) is 1.02. The van der Waals surface area contributed by atoms with Crippen molar-refractivity contribution in [1.82, 2.24) is 5.32 Å². The summed E-state index contributed by atoms with van der Waals surface area (Å²) >= 11 is 0. The van der Waals surface area contributed by atoms with Gasteiger partial charge in [0.15, 0.2) is 0 Å². The van der Waals surface area contributed by atoms with Crippen LogP contribution in [-0.2, 0) is 9.53 Å². The van der Waals surface area contributed by atoms with E-state index in [1.807, 2.05) is 0 Å². The Morgan fingerprint density at radius 2 is 2.00 bits per heavy atom. The molecule has 0 saturated carbocycles. The van der Waals surface area contributed by atoms with E-state index in [2.05, 4.69) is 11.1 Å². The highest BCUT2D eigenvalue weighted by molar-refractivity contribution is 5.68. The van der Waals surface area contributed by atoms with Crippen LogP contribution in [-0.4, -0.2) is 43.9 Å². The highest BCUT2D eigenvalue weighted by atomic mass is 16.5. The lowest BCUT2D eigenvalue weighted by Gasteiger charge is -2.10. The minimum atomic E-state index is -0.968. The maximum absolute atomic E-state index is 9.24. The standard InChI is InChI=1S/C4H9NO.C2H5NO2/c1-3-6-4-2-5-1;3-1-2(4)5/h5H,1-4H2;1,3H2,(H,4,5). The van der Waals surface area contributed by atoms with Crippen LogP contribution in [0.15, 0.2) is 0 Å². The van der Waals surface area contributed by atoms with E-state index in [1.165, 1.54) is 0 Å². The number of morpholine rings is 1. The van der Waals surface area contributed by atoms with Gasteiger partial charge in [0, 0.05) is 13.1 Å². The van der Waals surface area contributed by atoms with Crippen molar-refractivity contribution in [1.29, 1.82) is 0 Å². The van der Waals surface area contributed by atoms with E-state index in [0.29, 0.717) is 0 Å². The molecule has 5 nitrogen and oxygen atoms in total. The van der Waals surface area contributed by atoms with Crippen LogP contribution in [0.3, 0.4) is 0 Å². The lowest BCUT2D eigenvalue weighted by atomic mass is 10.5. The number of ether oxygens (including phenoxy) is 1. The first-order chi connectivity index (χ1) is 5.27. The molecule has 1 aliphatic heterocycles. The minimum absolute atomic E-state index is 0.278. The van der Waals surface area contributed by atoms with Crippen molar-refractivity contribution < 1.29 is 14.6 Å². The summed E-state index contributed by atoms with van der Waals surface area (Å²) in [5, 5.41) is 10.8. The van der Waals surface area contributed by atoms with Gasteiger partial charge in [-0.1, -0.05) is 0 Å². The molecule has 1 heterocycles. The van der Waals surface area contributed by atoms with E-state index >= 15 is 0 Å². The van der Waals surface area contributed by atoms with Gasteiger partial charge in [-0.25, -0.2) is 0 Å². The number of nitrogens with two attached hydrogens (primary N) is 1. The second-order valence-electron chi connectivity index (χ2n) is 1.96. The van der Waals surface area contributed by atoms with Gasteiger partial charge in [-0.3, -0.25) is 4.79 Å². The van der Waals surface area contributed by atoms with Crippen molar-refractivity contribution in [2.45, 2.75) is 0 Å². The Bertz CT molecular complexity index is 92.5. The number of nitrogens with one attached hydrogen (secondary N) is 1. The van der Waals surface area contributed by atoms with Crippen LogP contribution in [0, 0.1) is 0 Å². The van der Waals surface area contributed by atoms with E-state index in [9.17, 15) is 4.79 Å². The lowest BCUT2D eigenvalue weighted by Crippen LogP contribution is -2.30. The molecule has 0 unspecified atom stereocenters. The summed E-state index contributed by atoms with van der Waals surface area (Å²) in [4.78, 5) is 9.24. The molecule has 1 fully saturated rings. The van der Waals surface area contributed by atoms with Gasteiger partial charge in [0.1, 0.15) is 0 Å². The molecular weight excluding hydrogens is 148 g/mol. The smallest absolute Gasteiger partial charge is 0.317 e. The Balaban J connectivity index is 0.000000187. The number of carboxylic acid groups (broad SMARTS) is 1. The average Bonchev–Trinajstić information content (AvgIpc) is 2.09. The van der Waals surface area contributed by atoms with Crippen molar-refractivity contribution in [3.05, 3.63) is 0 Å². The molecule has 0 radical (unpaired) electrons. The number of carbonyl (C=O) groups is 1. The van der Waals surface area contributed by atoms with Crippen LogP contribution in [0.2, 0.25) is 0 Å². The highest BCUT2D eigenvalue weighted by Gasteiger charge is 1.92. The molecule has 0 aliphatic carbocycles. The molecule has 0 amide bonds. The van der Waals surface area contributed by atoms with Gasteiger partial charge in [-0.05, 0) is 0 Å². The van der Waals surface area contributed by atoms with Gasteiger partial charge in [-0.15, -0.1) is 0 Å². The van der Waals surface area contributed by atoms with Crippen LogP contribution < -0.4 is 11.1 Å². The topological polar surface area (TPSA) is 84.6 Å². The molecule has 4 N–H and O–H groups in total. The predicted octanol–water partition coefficient (Wildman–Crippen LogP) is -1.36. The van der Waals surface area contributed by atoms with Gasteiger partial charge < -0.3 is 20.9 Å². The summed E-state index contributed by atoms with van der Waals surface area (Å²) in [6.07, 6.45) is 0. The fraction of sp³-hybridized carbons (Fsp3) is 0.833. The van der Waals surface area contributed by atoms with Crippen LogP contribution >= 0.6 is 0 Å². The number of hydrogen-bond acceptors (Lipinski definition) is 4. The first-order valence-corrected chi connectivity index (χ1v) is 3.47. The van der Waals surface area contributed by atoms with Gasteiger partial charge in [0.25, 0.3) is 0 Å². The third kappa shape index (κ3) is 9.35. The van der Waals surface area contributed by atoms with E-state index in [4.69, 9.17) is 9.84 Å². The summed E-state index contributed by atoms with van der Waals surface area (Å²) in [5.41, 5.74) is 4.57. The summed E-state index contributed by atoms with van der Waals surface area (Å²) in [6, 6.07) is 0. The lowest BCUT2D eigenvalue weighted by molar-refractivity contribution is -0.135. The van der Waals surface area contributed by atoms with Crippen molar-refractivity contribution >= 4 is 5.97 Å². The fourth-order valence-corrected chi connectivity index (χ4v) is 0.516.